The van der Waals surface area contributed by atoms with E-state index in [4.69, 9.17) is 23.2 Å². The summed E-state index contributed by atoms with van der Waals surface area (Å²) in [7, 11) is 1.42. The molecule has 0 aliphatic rings. The molecule has 0 bridgehead atoms. The van der Waals surface area contributed by atoms with Crippen molar-refractivity contribution in [2.75, 3.05) is 25.5 Å². The summed E-state index contributed by atoms with van der Waals surface area (Å²) in [5, 5.41) is 8.05. The van der Waals surface area contributed by atoms with Gasteiger partial charge in [-0.25, -0.2) is 9.18 Å². The van der Waals surface area contributed by atoms with Crippen molar-refractivity contribution in [1.29, 1.82) is 0 Å². The van der Waals surface area contributed by atoms with Crippen LogP contribution in [0.15, 0.2) is 42.5 Å². The quantitative estimate of drug-likeness (QED) is 0.617. The Morgan fingerprint density at radius 2 is 1.62 bits per heavy atom. The molecule has 2 aromatic rings. The third kappa shape index (κ3) is 7.24. The molecule has 3 N–H and O–H groups in total. The van der Waals surface area contributed by atoms with Crippen molar-refractivity contribution in [2.24, 2.45) is 0 Å². The Bertz CT molecular complexity index is 873. The van der Waals surface area contributed by atoms with Crippen molar-refractivity contribution < 1.29 is 18.8 Å². The van der Waals surface area contributed by atoms with E-state index in [-0.39, 0.29) is 41.2 Å². The predicted octanol–water partition coefficient (Wildman–Crippen LogP) is 3.03. The average molecular weight is 441 g/mol. The summed E-state index contributed by atoms with van der Waals surface area (Å²) in [6.45, 7) is -0.373. The monoisotopic (exact) mass is 440 g/mol. The second-order valence-electron chi connectivity index (χ2n) is 6.06. The van der Waals surface area contributed by atoms with Crippen molar-refractivity contribution in [2.45, 2.75) is 6.54 Å². The third-order valence-corrected chi connectivity index (χ3v) is 4.43. The lowest BCUT2D eigenvalue weighted by molar-refractivity contribution is -0.132. The number of rotatable bonds is 7. The Morgan fingerprint density at radius 3 is 2.24 bits per heavy atom. The standard InChI is InChI=1S/C19H19Cl2FN4O3/c1-26(11-16(27)25-18-14(20)3-2-4-15(18)21)17(28)10-24-19(29)23-9-12-5-7-13(22)8-6-12/h2-8H,9-11H2,1H3,(H,25,27)(H2,23,24,29). The zero-order chi connectivity index (χ0) is 21.4. The highest BCUT2D eigenvalue weighted by atomic mass is 35.5. The number of nitrogens with one attached hydrogen (secondary N) is 3. The van der Waals surface area contributed by atoms with Crippen LogP contribution < -0.4 is 16.0 Å². The molecule has 0 spiro atoms. The van der Waals surface area contributed by atoms with E-state index in [9.17, 15) is 18.8 Å². The van der Waals surface area contributed by atoms with Crippen LogP contribution in [0.25, 0.3) is 0 Å². The minimum Gasteiger partial charge on any atom is -0.335 e. The zero-order valence-corrected chi connectivity index (χ0v) is 17.0. The molecule has 0 unspecified atom stereocenters. The molecular weight excluding hydrogens is 422 g/mol. The Balaban J connectivity index is 1.74. The highest BCUT2D eigenvalue weighted by Crippen LogP contribution is 2.29. The van der Waals surface area contributed by atoms with Gasteiger partial charge >= 0.3 is 6.03 Å². The maximum Gasteiger partial charge on any atom is 0.315 e. The van der Waals surface area contributed by atoms with Gasteiger partial charge in [0.05, 0.1) is 28.8 Å². The maximum atomic E-state index is 12.8. The van der Waals surface area contributed by atoms with E-state index in [0.29, 0.717) is 5.56 Å². The average Bonchev–Trinajstić information content (AvgIpc) is 2.68. The van der Waals surface area contributed by atoms with E-state index in [0.717, 1.165) is 4.90 Å². The van der Waals surface area contributed by atoms with Gasteiger partial charge in [0.2, 0.25) is 11.8 Å². The lowest BCUT2D eigenvalue weighted by atomic mass is 10.2. The van der Waals surface area contributed by atoms with Gasteiger partial charge in [0.1, 0.15) is 5.82 Å². The normalized spacial score (nSPS) is 10.2. The number of halogens is 3. The summed E-state index contributed by atoms with van der Waals surface area (Å²) in [5.74, 6) is -1.33. The minimum absolute atomic E-state index is 0.178. The van der Waals surface area contributed by atoms with E-state index in [2.05, 4.69) is 16.0 Å². The van der Waals surface area contributed by atoms with Crippen LogP contribution in [-0.4, -0.2) is 42.9 Å². The van der Waals surface area contributed by atoms with Crippen molar-refractivity contribution in [3.63, 3.8) is 0 Å². The lowest BCUT2D eigenvalue weighted by Crippen LogP contribution is -2.44. The van der Waals surface area contributed by atoms with E-state index >= 15 is 0 Å². The Labute approximate surface area is 177 Å². The first-order chi connectivity index (χ1) is 13.8. The van der Waals surface area contributed by atoms with Gasteiger partial charge in [-0.15, -0.1) is 0 Å². The van der Waals surface area contributed by atoms with Crippen LogP contribution in [0.3, 0.4) is 0 Å². The molecular formula is C19H19Cl2FN4O3. The Morgan fingerprint density at radius 1 is 1.00 bits per heavy atom. The van der Waals surface area contributed by atoms with Gasteiger partial charge in [-0.1, -0.05) is 41.4 Å². The molecule has 4 amide bonds. The number of hydrogen-bond donors (Lipinski definition) is 3. The Kier molecular flexibility index (Phi) is 8.23. The summed E-state index contributed by atoms with van der Waals surface area (Å²) in [6.07, 6.45) is 0. The molecule has 0 heterocycles. The van der Waals surface area contributed by atoms with Crippen LogP contribution in [0.1, 0.15) is 5.56 Å². The molecule has 29 heavy (non-hydrogen) atoms. The number of amides is 4. The molecule has 0 saturated heterocycles. The largest absolute Gasteiger partial charge is 0.335 e. The van der Waals surface area contributed by atoms with Crippen LogP contribution in [-0.2, 0) is 16.1 Å². The number of likely N-dealkylation sites (N-methyl/N-ethyl adjacent to an activating group) is 1. The van der Waals surface area contributed by atoms with Gasteiger partial charge in [-0.05, 0) is 29.8 Å². The number of hydrogen-bond acceptors (Lipinski definition) is 3. The zero-order valence-electron chi connectivity index (χ0n) is 15.5. The topological polar surface area (TPSA) is 90.5 Å². The summed E-state index contributed by atoms with van der Waals surface area (Å²) in [6, 6.07) is 9.88. The molecule has 0 fully saturated rings. The van der Waals surface area contributed by atoms with Crippen LogP contribution in [0.2, 0.25) is 10.0 Å². The summed E-state index contributed by atoms with van der Waals surface area (Å²) in [5.41, 5.74) is 0.972. The number of anilines is 1. The molecule has 0 aliphatic heterocycles. The number of urea groups is 1. The lowest BCUT2D eigenvalue weighted by Gasteiger charge is -2.18. The summed E-state index contributed by atoms with van der Waals surface area (Å²) in [4.78, 5) is 37.1. The first-order valence-corrected chi connectivity index (χ1v) is 9.26. The van der Waals surface area contributed by atoms with Gasteiger partial charge < -0.3 is 20.9 Å². The molecule has 0 aliphatic carbocycles. The van der Waals surface area contributed by atoms with E-state index in [1.807, 2.05) is 0 Å². The van der Waals surface area contributed by atoms with E-state index in [1.54, 1.807) is 30.3 Å². The van der Waals surface area contributed by atoms with E-state index in [1.165, 1.54) is 19.2 Å². The fourth-order valence-corrected chi connectivity index (χ4v) is 2.73. The third-order valence-electron chi connectivity index (χ3n) is 3.80. The second kappa shape index (κ2) is 10.6. The fourth-order valence-electron chi connectivity index (χ4n) is 2.24. The smallest absolute Gasteiger partial charge is 0.315 e. The summed E-state index contributed by atoms with van der Waals surface area (Å²) < 4.78 is 12.8. The molecule has 0 radical (unpaired) electrons. The van der Waals surface area contributed by atoms with Gasteiger partial charge in [-0.3, -0.25) is 9.59 Å². The molecule has 2 rings (SSSR count). The van der Waals surface area contributed by atoms with Crippen LogP contribution >= 0.6 is 23.2 Å². The number of benzene rings is 2. The van der Waals surface area contributed by atoms with Gasteiger partial charge in [0.15, 0.2) is 0 Å². The molecule has 2 aromatic carbocycles. The van der Waals surface area contributed by atoms with Crippen LogP contribution in [0.4, 0.5) is 14.9 Å². The van der Waals surface area contributed by atoms with Crippen molar-refractivity contribution >= 4 is 46.7 Å². The molecule has 0 atom stereocenters. The van der Waals surface area contributed by atoms with E-state index < -0.39 is 17.8 Å². The number of carbonyl (C=O) groups is 3. The first-order valence-electron chi connectivity index (χ1n) is 8.50. The second-order valence-corrected chi connectivity index (χ2v) is 6.87. The highest BCUT2D eigenvalue weighted by molar-refractivity contribution is 6.39. The number of nitrogens with zero attached hydrogens (tertiary/aromatic N) is 1. The maximum absolute atomic E-state index is 12.8. The van der Waals surface area contributed by atoms with Gasteiger partial charge in [0.25, 0.3) is 0 Å². The molecule has 10 heteroatoms. The van der Waals surface area contributed by atoms with Crippen molar-refractivity contribution in [3.05, 3.63) is 63.9 Å². The number of para-hydroxylation sites is 1. The highest BCUT2D eigenvalue weighted by Gasteiger charge is 2.16. The number of carbonyl (C=O) groups excluding carboxylic acids is 3. The van der Waals surface area contributed by atoms with Crippen molar-refractivity contribution in [1.82, 2.24) is 15.5 Å². The van der Waals surface area contributed by atoms with Crippen LogP contribution in [0, 0.1) is 5.82 Å². The Hall–Kier alpha value is -2.84. The minimum atomic E-state index is -0.566. The predicted molar refractivity (Wildman–Crippen MR) is 109 cm³/mol. The van der Waals surface area contributed by atoms with Crippen molar-refractivity contribution in [3.8, 4) is 0 Å². The summed E-state index contributed by atoms with van der Waals surface area (Å²) >= 11 is 12.0. The van der Waals surface area contributed by atoms with Crippen LogP contribution in [0.5, 0.6) is 0 Å². The fraction of sp³-hybridized carbons (Fsp3) is 0.211. The SMILES string of the molecule is CN(CC(=O)Nc1c(Cl)cccc1Cl)C(=O)CNC(=O)NCc1ccc(F)cc1. The molecule has 7 nitrogen and oxygen atoms in total. The van der Waals surface area contributed by atoms with Gasteiger partial charge in [-0.2, -0.15) is 0 Å². The molecule has 0 aromatic heterocycles. The van der Waals surface area contributed by atoms with Gasteiger partial charge in [0, 0.05) is 13.6 Å². The first kappa shape index (κ1) is 22.4. The molecule has 0 saturated carbocycles. The molecule has 154 valence electrons.